The normalized spacial score (nSPS) is 12.0. The second-order valence-electron chi connectivity index (χ2n) is 6.00. The number of hydrogen-bond acceptors (Lipinski definition) is 5. The van der Waals surface area contributed by atoms with Crippen molar-refractivity contribution in [3.8, 4) is 0 Å². The van der Waals surface area contributed by atoms with E-state index in [0.29, 0.717) is 11.2 Å². The van der Waals surface area contributed by atoms with E-state index in [9.17, 15) is 13.2 Å². The summed E-state index contributed by atoms with van der Waals surface area (Å²) in [7, 11) is -3.92. The van der Waals surface area contributed by atoms with Gasteiger partial charge in [0.15, 0.2) is 0 Å². The van der Waals surface area contributed by atoms with E-state index in [4.69, 9.17) is 5.73 Å². The van der Waals surface area contributed by atoms with E-state index in [1.54, 1.807) is 0 Å². The summed E-state index contributed by atoms with van der Waals surface area (Å²) in [5, 5.41) is 6.12. The van der Waals surface area contributed by atoms with Gasteiger partial charge in [-0.15, -0.1) is 0 Å². The molecule has 0 unspecified atom stereocenters. The lowest BCUT2D eigenvalue weighted by Crippen LogP contribution is -2.80. The first kappa shape index (κ1) is 19.2. The molecule has 0 saturated heterocycles. The number of sulfonamides is 1. The number of rotatable bonds is 4. The number of nitrogens with zero attached hydrogens (tertiary/aromatic N) is 2. The third-order valence-electron chi connectivity index (χ3n) is 3.77. The lowest BCUT2D eigenvalue weighted by molar-refractivity contribution is -0.268. The Labute approximate surface area is 161 Å². The summed E-state index contributed by atoms with van der Waals surface area (Å²) in [4.78, 5) is 19.6. The van der Waals surface area contributed by atoms with E-state index in [1.807, 2.05) is 31.2 Å². The fraction of sp³-hybridized carbons (Fsp3) is 0.111. The number of nitrogens with one attached hydrogen (secondary N) is 3. The molecule has 0 aliphatic carbocycles. The number of para-hydroxylation sites is 1. The van der Waals surface area contributed by atoms with Crippen molar-refractivity contribution in [2.45, 2.75) is 18.7 Å². The van der Waals surface area contributed by atoms with Crippen LogP contribution in [0.3, 0.4) is 0 Å². The summed E-state index contributed by atoms with van der Waals surface area (Å²) < 4.78 is 27.2. The number of fused-ring (bicyclic) bond motifs is 1. The van der Waals surface area contributed by atoms with Crippen molar-refractivity contribution in [2.75, 3.05) is 10.6 Å². The lowest BCUT2D eigenvalue weighted by Gasteiger charge is -2.05. The number of benzene rings is 2. The Kier molecular flexibility index (Phi) is 5.23. The van der Waals surface area contributed by atoms with Crippen molar-refractivity contribution in [1.29, 1.82) is 0 Å². The van der Waals surface area contributed by atoms with Gasteiger partial charge in [0.25, 0.3) is 5.95 Å². The molecule has 0 fully saturated rings. The molecular formula is C18H19N6O3S+. The van der Waals surface area contributed by atoms with Gasteiger partial charge in [-0.1, -0.05) is 18.2 Å². The molecule has 0 saturated carbocycles. The highest BCUT2D eigenvalue weighted by atomic mass is 32.2. The minimum Gasteiger partial charge on any atom is -0.326 e. The largest absolute Gasteiger partial charge is 0.363 e. The van der Waals surface area contributed by atoms with Crippen molar-refractivity contribution < 1.29 is 17.6 Å². The molecule has 0 aliphatic rings. The number of aryl methyl sites for hydroxylation is 1. The molecule has 28 heavy (non-hydrogen) atoms. The number of guanidine groups is 1. The quantitative estimate of drug-likeness (QED) is 0.360. The number of hydrogen-bond donors (Lipinski definition) is 4. The van der Waals surface area contributed by atoms with Gasteiger partial charge >= 0.3 is 16.0 Å². The Hall–Kier alpha value is -3.53. The summed E-state index contributed by atoms with van der Waals surface area (Å²) in [6, 6.07) is 13.1. The fourth-order valence-corrected chi connectivity index (χ4v) is 3.51. The Balaban J connectivity index is 1.83. The van der Waals surface area contributed by atoms with Crippen LogP contribution in [-0.2, 0) is 14.8 Å². The van der Waals surface area contributed by atoms with Crippen LogP contribution in [0, 0.1) is 6.92 Å². The van der Waals surface area contributed by atoms with Crippen LogP contribution in [0.4, 0.5) is 11.6 Å². The average Bonchev–Trinajstić information content (AvgIpc) is 2.61. The summed E-state index contributed by atoms with van der Waals surface area (Å²) in [5.41, 5.74) is 7.73. The number of nitrogens with two attached hydrogens (primary N) is 1. The zero-order valence-corrected chi connectivity index (χ0v) is 16.0. The Morgan fingerprint density at radius 1 is 1.04 bits per heavy atom. The van der Waals surface area contributed by atoms with Crippen molar-refractivity contribution in [3.05, 3.63) is 54.2 Å². The third-order valence-corrected chi connectivity index (χ3v) is 5.15. The maximum absolute atomic E-state index is 12.5. The Bertz CT molecular complexity index is 1170. The first-order valence-electron chi connectivity index (χ1n) is 8.28. The Morgan fingerprint density at radius 3 is 2.39 bits per heavy atom. The summed E-state index contributed by atoms with van der Waals surface area (Å²) in [5.74, 6) is -0.306. The summed E-state index contributed by atoms with van der Waals surface area (Å²) >= 11 is 0. The van der Waals surface area contributed by atoms with Gasteiger partial charge < -0.3 is 5.32 Å². The molecule has 3 aromatic rings. The molecule has 0 aliphatic heterocycles. The van der Waals surface area contributed by atoms with Gasteiger partial charge in [0.2, 0.25) is 5.91 Å². The van der Waals surface area contributed by atoms with Gasteiger partial charge in [-0.2, -0.15) is 17.8 Å². The molecule has 5 N–H and O–H groups in total. The van der Waals surface area contributed by atoms with Gasteiger partial charge in [0.1, 0.15) is 4.90 Å². The van der Waals surface area contributed by atoms with E-state index in [0.717, 1.165) is 11.1 Å². The summed E-state index contributed by atoms with van der Waals surface area (Å²) in [6.07, 6.45) is 0. The van der Waals surface area contributed by atoms with Crippen LogP contribution in [0.1, 0.15) is 12.6 Å². The summed E-state index contributed by atoms with van der Waals surface area (Å²) in [6.45, 7) is 3.19. The number of anilines is 2. The monoisotopic (exact) mass is 399 g/mol. The highest BCUT2D eigenvalue weighted by Gasteiger charge is 2.17. The van der Waals surface area contributed by atoms with E-state index >= 15 is 0 Å². The van der Waals surface area contributed by atoms with Gasteiger partial charge in [0, 0.05) is 18.0 Å². The molecule has 0 radical (unpaired) electrons. The van der Waals surface area contributed by atoms with Gasteiger partial charge in [0.05, 0.1) is 11.2 Å². The number of carbonyl (C=O) groups is 1. The zero-order valence-electron chi connectivity index (χ0n) is 15.2. The van der Waals surface area contributed by atoms with Gasteiger partial charge in [-0.3, -0.25) is 10.5 Å². The minimum atomic E-state index is -3.92. The second kappa shape index (κ2) is 7.61. The van der Waals surface area contributed by atoms with Crippen molar-refractivity contribution in [1.82, 2.24) is 9.97 Å². The van der Waals surface area contributed by atoms with Gasteiger partial charge in [-0.05, 0) is 37.3 Å². The molecular weight excluding hydrogens is 380 g/mol. The SMILES string of the molecule is CC(=O)Nc1ccc(S(=O)(=O)[NH+]=C(N)Nc2nc(C)c3ccccc3n2)cc1. The molecule has 0 atom stereocenters. The van der Waals surface area contributed by atoms with Gasteiger partial charge in [-0.25, -0.2) is 10.3 Å². The predicted octanol–water partition coefficient (Wildman–Crippen LogP) is 0.0927. The number of aromatic nitrogens is 2. The minimum absolute atomic E-state index is 0.0121. The highest BCUT2D eigenvalue weighted by Crippen LogP contribution is 2.16. The van der Waals surface area contributed by atoms with Crippen molar-refractivity contribution in [2.24, 2.45) is 5.73 Å². The predicted molar refractivity (Wildman–Crippen MR) is 106 cm³/mol. The van der Waals surface area contributed by atoms with Crippen LogP contribution in [0.2, 0.25) is 0 Å². The second-order valence-corrected chi connectivity index (χ2v) is 7.68. The van der Waals surface area contributed by atoms with Crippen LogP contribution >= 0.6 is 0 Å². The maximum Gasteiger partial charge on any atom is 0.363 e. The zero-order chi connectivity index (χ0) is 20.3. The molecule has 10 heteroatoms. The topological polar surface area (TPSA) is 141 Å². The lowest BCUT2D eigenvalue weighted by atomic mass is 10.2. The molecule has 144 valence electrons. The maximum atomic E-state index is 12.5. The molecule has 1 aromatic heterocycles. The van der Waals surface area contributed by atoms with Crippen molar-refractivity contribution >= 4 is 44.4 Å². The first-order chi connectivity index (χ1) is 13.2. The first-order valence-corrected chi connectivity index (χ1v) is 9.76. The van der Waals surface area contributed by atoms with Crippen LogP contribution < -0.4 is 20.8 Å². The van der Waals surface area contributed by atoms with E-state index in [1.165, 1.54) is 31.2 Å². The fourth-order valence-electron chi connectivity index (χ4n) is 2.56. The molecule has 0 bridgehead atoms. The number of amides is 1. The van der Waals surface area contributed by atoms with Crippen LogP contribution in [0.5, 0.6) is 0 Å². The average molecular weight is 399 g/mol. The third kappa shape index (κ3) is 4.41. The molecule has 1 amide bonds. The smallest absolute Gasteiger partial charge is 0.326 e. The highest BCUT2D eigenvalue weighted by molar-refractivity contribution is 7.84. The molecule has 3 rings (SSSR count). The van der Waals surface area contributed by atoms with Crippen molar-refractivity contribution in [3.63, 3.8) is 0 Å². The van der Waals surface area contributed by atoms with Crippen LogP contribution in [0.25, 0.3) is 10.9 Å². The molecule has 9 nitrogen and oxygen atoms in total. The number of carbonyl (C=O) groups excluding carboxylic acids is 1. The molecule has 2 aromatic carbocycles. The van der Waals surface area contributed by atoms with E-state index in [2.05, 4.69) is 25.0 Å². The molecule has 0 spiro atoms. The van der Waals surface area contributed by atoms with E-state index < -0.39 is 10.0 Å². The molecule has 1 heterocycles. The van der Waals surface area contributed by atoms with E-state index in [-0.39, 0.29) is 22.7 Å². The van der Waals surface area contributed by atoms with Crippen LogP contribution in [0.15, 0.2) is 53.4 Å². The standard InChI is InChI=1S/C18H18N6O3S/c1-11-15-5-3-4-6-16(15)22-18(20-11)23-17(19)24-28(26,27)14-9-7-13(8-10-14)21-12(2)25/h3-10H,1-2H3,(H,21,25)(H3,19,20,22,23,24)/p+1. The Morgan fingerprint density at radius 2 is 1.71 bits per heavy atom. The van der Waals surface area contributed by atoms with Crippen LogP contribution in [-0.4, -0.2) is 30.3 Å².